The molecule has 0 aromatic carbocycles. The van der Waals surface area contributed by atoms with Crippen molar-refractivity contribution in [3.8, 4) is 0 Å². The maximum absolute atomic E-state index is 5.98. The van der Waals surface area contributed by atoms with Crippen LogP contribution in [0.2, 0.25) is 0 Å². The third kappa shape index (κ3) is 1.15. The Kier molecular flexibility index (Phi) is 1.75. The van der Waals surface area contributed by atoms with Crippen molar-refractivity contribution in [2.75, 3.05) is 13.2 Å². The zero-order chi connectivity index (χ0) is 12.5. The van der Waals surface area contributed by atoms with Gasteiger partial charge in [0, 0.05) is 17.8 Å². The van der Waals surface area contributed by atoms with Crippen LogP contribution < -0.4 is 0 Å². The van der Waals surface area contributed by atoms with Gasteiger partial charge in [-0.05, 0) is 23.1 Å². The number of rotatable bonds is 0. The molecule has 1 saturated carbocycles. The van der Waals surface area contributed by atoms with Crippen molar-refractivity contribution in [3.63, 3.8) is 0 Å². The van der Waals surface area contributed by atoms with Gasteiger partial charge in [0.1, 0.15) is 0 Å². The first-order valence-electron chi connectivity index (χ1n) is 7.09. The van der Waals surface area contributed by atoms with E-state index in [2.05, 4.69) is 42.5 Å². The fraction of sp³-hybridized carbons (Fsp3) is 0.412. The average molecular weight is 252 g/mol. The molecule has 19 heavy (non-hydrogen) atoms. The minimum absolute atomic E-state index is 0.146. The number of hydrogen-bond donors (Lipinski definition) is 0. The zero-order valence-electron chi connectivity index (χ0n) is 10.8. The highest BCUT2D eigenvalue weighted by Crippen LogP contribution is 2.63. The lowest BCUT2D eigenvalue weighted by Gasteiger charge is -2.28. The van der Waals surface area contributed by atoms with Gasteiger partial charge >= 0.3 is 0 Å². The van der Waals surface area contributed by atoms with E-state index in [9.17, 15) is 0 Å². The molecule has 2 fully saturated rings. The molecule has 2 heteroatoms. The second kappa shape index (κ2) is 3.20. The summed E-state index contributed by atoms with van der Waals surface area (Å²) in [6.45, 7) is 1.45. The van der Waals surface area contributed by atoms with Crippen LogP contribution >= 0.6 is 0 Å². The van der Waals surface area contributed by atoms with Crippen molar-refractivity contribution < 1.29 is 9.47 Å². The fourth-order valence-electron chi connectivity index (χ4n) is 4.45. The number of allylic oxidation sites excluding steroid dienone is 9. The summed E-state index contributed by atoms with van der Waals surface area (Å²) >= 11 is 0. The quantitative estimate of drug-likeness (QED) is 0.659. The van der Waals surface area contributed by atoms with Crippen molar-refractivity contribution in [2.24, 2.45) is 11.3 Å². The number of hydrogen-bond acceptors (Lipinski definition) is 2. The molecule has 2 bridgehead atoms. The molecule has 5 rings (SSSR count). The molecular weight excluding hydrogens is 236 g/mol. The van der Waals surface area contributed by atoms with Crippen molar-refractivity contribution >= 4 is 0 Å². The van der Waals surface area contributed by atoms with Crippen LogP contribution in [0.4, 0.5) is 0 Å². The molecule has 0 radical (unpaired) electrons. The SMILES string of the molecule is C1=CC2=CC34CC(=CC=C3C2C=C1)C1(C4)OCCO1. The lowest BCUT2D eigenvalue weighted by molar-refractivity contribution is -0.125. The maximum Gasteiger partial charge on any atom is 0.192 e. The summed E-state index contributed by atoms with van der Waals surface area (Å²) in [7, 11) is 0. The molecule has 5 aliphatic rings. The molecule has 2 nitrogen and oxygen atoms in total. The van der Waals surface area contributed by atoms with E-state index in [0.717, 1.165) is 26.1 Å². The Morgan fingerprint density at radius 2 is 2.00 bits per heavy atom. The zero-order valence-corrected chi connectivity index (χ0v) is 10.8. The van der Waals surface area contributed by atoms with Crippen molar-refractivity contribution in [3.05, 3.63) is 59.3 Å². The normalized spacial score (nSPS) is 40.0. The molecular formula is C17H16O2. The molecule has 2 atom stereocenters. The van der Waals surface area contributed by atoms with E-state index in [0.29, 0.717) is 5.92 Å². The van der Waals surface area contributed by atoms with Gasteiger partial charge in [0.2, 0.25) is 0 Å². The molecule has 0 aromatic heterocycles. The molecule has 2 unspecified atom stereocenters. The predicted molar refractivity (Wildman–Crippen MR) is 72.3 cm³/mol. The average Bonchev–Trinajstić information content (AvgIpc) is 3.06. The molecule has 1 aliphatic heterocycles. The third-order valence-corrected chi connectivity index (χ3v) is 5.18. The first-order valence-corrected chi connectivity index (χ1v) is 7.09. The Morgan fingerprint density at radius 1 is 1.11 bits per heavy atom. The van der Waals surface area contributed by atoms with Gasteiger partial charge in [0.15, 0.2) is 5.79 Å². The molecule has 0 amide bonds. The topological polar surface area (TPSA) is 18.5 Å². The van der Waals surface area contributed by atoms with E-state index in [1.165, 1.54) is 16.7 Å². The molecule has 4 aliphatic carbocycles. The number of fused-ring (bicyclic) bond motifs is 4. The van der Waals surface area contributed by atoms with Crippen LogP contribution in [-0.2, 0) is 9.47 Å². The van der Waals surface area contributed by atoms with Gasteiger partial charge < -0.3 is 9.47 Å². The summed E-state index contributed by atoms with van der Waals surface area (Å²) in [5, 5.41) is 0. The van der Waals surface area contributed by atoms with Gasteiger partial charge in [-0.1, -0.05) is 42.5 Å². The Morgan fingerprint density at radius 3 is 2.89 bits per heavy atom. The van der Waals surface area contributed by atoms with E-state index < -0.39 is 5.79 Å². The van der Waals surface area contributed by atoms with Crippen molar-refractivity contribution in [1.29, 1.82) is 0 Å². The summed E-state index contributed by atoms with van der Waals surface area (Å²) in [6, 6.07) is 0. The van der Waals surface area contributed by atoms with Gasteiger partial charge in [-0.2, -0.15) is 0 Å². The Labute approximate surface area is 112 Å². The molecule has 1 saturated heterocycles. The first-order chi connectivity index (χ1) is 9.31. The third-order valence-electron chi connectivity index (χ3n) is 5.18. The van der Waals surface area contributed by atoms with E-state index >= 15 is 0 Å². The predicted octanol–water partition coefficient (Wildman–Crippen LogP) is 3.06. The summed E-state index contributed by atoms with van der Waals surface area (Å²) < 4.78 is 12.0. The van der Waals surface area contributed by atoms with Gasteiger partial charge in [0.25, 0.3) is 0 Å². The second-order valence-corrected chi connectivity index (χ2v) is 6.14. The van der Waals surface area contributed by atoms with Gasteiger partial charge in [-0.15, -0.1) is 0 Å². The summed E-state index contributed by atoms with van der Waals surface area (Å²) in [5.74, 6) is 0.0512. The highest BCUT2D eigenvalue weighted by Gasteiger charge is 2.59. The van der Waals surface area contributed by atoms with Crippen LogP contribution in [0.25, 0.3) is 0 Å². The molecule has 0 N–H and O–H groups in total. The number of ether oxygens (including phenoxy) is 2. The monoisotopic (exact) mass is 252 g/mol. The van der Waals surface area contributed by atoms with Crippen LogP contribution in [0.3, 0.4) is 0 Å². The van der Waals surface area contributed by atoms with E-state index in [-0.39, 0.29) is 5.41 Å². The summed E-state index contributed by atoms with van der Waals surface area (Å²) in [6.07, 6.45) is 17.9. The molecule has 0 aromatic rings. The van der Waals surface area contributed by atoms with Gasteiger partial charge in [-0.3, -0.25) is 0 Å². The minimum atomic E-state index is -0.420. The summed E-state index contributed by atoms with van der Waals surface area (Å²) in [5.41, 5.74) is 4.45. The second-order valence-electron chi connectivity index (χ2n) is 6.14. The lowest BCUT2D eigenvalue weighted by Crippen LogP contribution is -2.29. The largest absolute Gasteiger partial charge is 0.344 e. The molecule has 96 valence electrons. The minimum Gasteiger partial charge on any atom is -0.344 e. The Balaban J connectivity index is 1.66. The Hall–Kier alpha value is -1.38. The highest BCUT2D eigenvalue weighted by atomic mass is 16.7. The van der Waals surface area contributed by atoms with Crippen LogP contribution in [0.5, 0.6) is 0 Å². The van der Waals surface area contributed by atoms with Crippen molar-refractivity contribution in [1.82, 2.24) is 0 Å². The van der Waals surface area contributed by atoms with Gasteiger partial charge in [-0.25, -0.2) is 0 Å². The van der Waals surface area contributed by atoms with Crippen LogP contribution in [0, 0.1) is 11.3 Å². The standard InChI is InChI=1S/C17H16O2/c1-2-4-14-12(3-1)9-16-10-13(5-6-15(14)16)17(11-16)18-7-8-19-17/h1-6,9,14H,7-8,10-11H2. The van der Waals surface area contributed by atoms with Gasteiger partial charge in [0.05, 0.1) is 13.2 Å². The maximum atomic E-state index is 5.98. The smallest absolute Gasteiger partial charge is 0.192 e. The van der Waals surface area contributed by atoms with Crippen LogP contribution in [0.15, 0.2) is 59.3 Å². The highest BCUT2D eigenvalue weighted by molar-refractivity contribution is 5.57. The van der Waals surface area contributed by atoms with E-state index in [1.807, 2.05) is 0 Å². The fourth-order valence-corrected chi connectivity index (χ4v) is 4.45. The molecule has 2 spiro atoms. The van der Waals surface area contributed by atoms with Crippen LogP contribution in [-0.4, -0.2) is 19.0 Å². The first kappa shape index (κ1) is 10.4. The van der Waals surface area contributed by atoms with Crippen molar-refractivity contribution in [2.45, 2.75) is 18.6 Å². The lowest BCUT2D eigenvalue weighted by atomic mass is 9.76. The van der Waals surface area contributed by atoms with E-state index in [4.69, 9.17) is 9.47 Å². The Bertz CT molecular complexity index is 611. The molecule has 1 heterocycles. The van der Waals surface area contributed by atoms with E-state index in [1.54, 1.807) is 0 Å². The summed E-state index contributed by atoms with van der Waals surface area (Å²) in [4.78, 5) is 0. The van der Waals surface area contributed by atoms with Crippen LogP contribution in [0.1, 0.15) is 12.8 Å².